The third-order valence-corrected chi connectivity index (χ3v) is 5.31. The van der Waals surface area contributed by atoms with E-state index in [1.165, 1.54) is 0 Å². The summed E-state index contributed by atoms with van der Waals surface area (Å²) in [6, 6.07) is 5.93. The van der Waals surface area contributed by atoms with Gasteiger partial charge in [0.1, 0.15) is 11.8 Å². The molecule has 124 valence electrons. The summed E-state index contributed by atoms with van der Waals surface area (Å²) in [6.45, 7) is 0.461. The number of amides is 1. The van der Waals surface area contributed by atoms with Crippen molar-refractivity contribution in [1.82, 2.24) is 20.3 Å². The molecule has 1 amide bonds. The SMILES string of the molecule is O=C(NC[C@H](c1cccs1)n1cccn1)c1noc2c1CCCC2. The van der Waals surface area contributed by atoms with Crippen molar-refractivity contribution >= 4 is 17.2 Å². The van der Waals surface area contributed by atoms with E-state index in [0.29, 0.717) is 12.2 Å². The lowest BCUT2D eigenvalue weighted by molar-refractivity contribution is 0.0939. The van der Waals surface area contributed by atoms with E-state index in [2.05, 4.69) is 21.6 Å². The van der Waals surface area contributed by atoms with Gasteiger partial charge in [0.15, 0.2) is 5.69 Å². The molecule has 1 aliphatic rings. The van der Waals surface area contributed by atoms with Crippen LogP contribution in [0, 0.1) is 0 Å². The predicted molar refractivity (Wildman–Crippen MR) is 90.2 cm³/mol. The van der Waals surface area contributed by atoms with Crippen molar-refractivity contribution in [2.75, 3.05) is 6.54 Å². The summed E-state index contributed by atoms with van der Waals surface area (Å²) in [4.78, 5) is 13.7. The standard InChI is InChI=1S/C17H18N4O2S/c22-17(16-12-5-1-2-6-14(12)23-20-16)18-11-13(15-7-3-10-24-15)21-9-4-8-19-21/h3-4,7-10,13H,1-2,5-6,11H2,(H,18,22)/t13-/m1/s1. The molecular formula is C17H18N4O2S. The summed E-state index contributed by atoms with van der Waals surface area (Å²) in [5.41, 5.74) is 1.42. The molecule has 3 aromatic heterocycles. The topological polar surface area (TPSA) is 73.0 Å². The Kier molecular flexibility index (Phi) is 4.17. The van der Waals surface area contributed by atoms with Gasteiger partial charge in [-0.1, -0.05) is 11.2 Å². The zero-order chi connectivity index (χ0) is 16.4. The van der Waals surface area contributed by atoms with Gasteiger partial charge in [0.05, 0.1) is 0 Å². The molecule has 0 saturated carbocycles. The Labute approximate surface area is 143 Å². The van der Waals surface area contributed by atoms with E-state index in [1.54, 1.807) is 17.5 Å². The number of hydrogen-bond acceptors (Lipinski definition) is 5. The first-order valence-corrected chi connectivity index (χ1v) is 8.99. The van der Waals surface area contributed by atoms with Crippen LogP contribution in [-0.4, -0.2) is 27.4 Å². The number of carbonyl (C=O) groups excluding carboxylic acids is 1. The number of carbonyl (C=O) groups is 1. The Hall–Kier alpha value is -2.41. The molecule has 0 aliphatic heterocycles. The molecule has 4 rings (SSSR count). The number of nitrogens with one attached hydrogen (secondary N) is 1. The number of nitrogens with zero attached hydrogens (tertiary/aromatic N) is 3. The normalized spacial score (nSPS) is 15.0. The maximum atomic E-state index is 12.6. The Morgan fingerprint density at radius 2 is 2.29 bits per heavy atom. The first kappa shape index (κ1) is 15.1. The zero-order valence-corrected chi connectivity index (χ0v) is 14.0. The average Bonchev–Trinajstić information content (AvgIpc) is 3.36. The molecule has 0 spiro atoms. The van der Waals surface area contributed by atoms with Gasteiger partial charge >= 0.3 is 0 Å². The highest BCUT2D eigenvalue weighted by Crippen LogP contribution is 2.25. The Morgan fingerprint density at radius 1 is 1.38 bits per heavy atom. The van der Waals surface area contributed by atoms with Crippen LogP contribution in [0.2, 0.25) is 0 Å². The fourth-order valence-electron chi connectivity index (χ4n) is 3.11. The Bertz CT molecular complexity index is 774. The van der Waals surface area contributed by atoms with E-state index < -0.39 is 0 Å². The van der Waals surface area contributed by atoms with Crippen LogP contribution < -0.4 is 5.32 Å². The van der Waals surface area contributed by atoms with Gasteiger partial charge in [0.2, 0.25) is 0 Å². The summed E-state index contributed by atoms with van der Waals surface area (Å²) < 4.78 is 7.20. The lowest BCUT2D eigenvalue weighted by Crippen LogP contribution is -2.32. The molecule has 0 unspecified atom stereocenters. The van der Waals surface area contributed by atoms with E-state index in [1.807, 2.05) is 28.4 Å². The van der Waals surface area contributed by atoms with Gasteiger partial charge in [-0.05, 0) is 36.8 Å². The molecule has 24 heavy (non-hydrogen) atoms. The highest BCUT2D eigenvalue weighted by Gasteiger charge is 2.25. The average molecular weight is 342 g/mol. The first-order valence-electron chi connectivity index (χ1n) is 8.11. The van der Waals surface area contributed by atoms with Crippen LogP contribution in [0.5, 0.6) is 0 Å². The first-order chi connectivity index (χ1) is 11.8. The molecule has 7 heteroatoms. The number of hydrogen-bond donors (Lipinski definition) is 1. The van der Waals surface area contributed by atoms with Crippen molar-refractivity contribution < 1.29 is 9.32 Å². The molecule has 0 saturated heterocycles. The van der Waals surface area contributed by atoms with Crippen LogP contribution in [0.25, 0.3) is 0 Å². The summed E-state index contributed by atoms with van der Waals surface area (Å²) >= 11 is 1.65. The Morgan fingerprint density at radius 3 is 3.08 bits per heavy atom. The summed E-state index contributed by atoms with van der Waals surface area (Å²) in [5, 5.41) is 13.3. The van der Waals surface area contributed by atoms with Crippen molar-refractivity contribution in [2.24, 2.45) is 0 Å². The van der Waals surface area contributed by atoms with E-state index >= 15 is 0 Å². The van der Waals surface area contributed by atoms with Crippen LogP contribution in [0.1, 0.15) is 45.6 Å². The summed E-state index contributed by atoms with van der Waals surface area (Å²) in [6.07, 6.45) is 7.59. The van der Waals surface area contributed by atoms with Crippen molar-refractivity contribution in [3.05, 3.63) is 57.9 Å². The van der Waals surface area contributed by atoms with Gasteiger partial charge in [0, 0.05) is 35.8 Å². The highest BCUT2D eigenvalue weighted by atomic mass is 32.1. The van der Waals surface area contributed by atoms with Crippen molar-refractivity contribution in [1.29, 1.82) is 0 Å². The second-order valence-electron chi connectivity index (χ2n) is 5.87. The molecule has 6 nitrogen and oxygen atoms in total. The molecule has 3 aromatic rings. The fourth-order valence-corrected chi connectivity index (χ4v) is 3.93. The number of aryl methyl sites for hydroxylation is 1. The monoisotopic (exact) mass is 342 g/mol. The summed E-state index contributed by atoms with van der Waals surface area (Å²) in [5.74, 6) is 0.698. The molecule has 0 aromatic carbocycles. The molecule has 0 radical (unpaired) electrons. The minimum absolute atomic E-state index is 0.0216. The maximum absolute atomic E-state index is 12.6. The maximum Gasteiger partial charge on any atom is 0.273 e. The van der Waals surface area contributed by atoms with Crippen molar-refractivity contribution in [2.45, 2.75) is 31.7 Å². The van der Waals surface area contributed by atoms with Gasteiger partial charge in [-0.25, -0.2) is 0 Å². The van der Waals surface area contributed by atoms with Crippen molar-refractivity contribution in [3.63, 3.8) is 0 Å². The Balaban J connectivity index is 1.50. The van der Waals surface area contributed by atoms with Crippen molar-refractivity contribution in [3.8, 4) is 0 Å². The van der Waals surface area contributed by atoms with Crippen LogP contribution in [0.15, 0.2) is 40.5 Å². The number of thiophene rings is 1. The van der Waals surface area contributed by atoms with E-state index in [0.717, 1.165) is 41.9 Å². The lowest BCUT2D eigenvalue weighted by Gasteiger charge is -2.17. The molecule has 1 aliphatic carbocycles. The number of rotatable bonds is 5. The minimum Gasteiger partial charge on any atom is -0.360 e. The highest BCUT2D eigenvalue weighted by molar-refractivity contribution is 7.10. The molecule has 0 bridgehead atoms. The lowest BCUT2D eigenvalue weighted by atomic mass is 9.96. The molecule has 3 heterocycles. The molecule has 1 N–H and O–H groups in total. The fraction of sp³-hybridized carbons (Fsp3) is 0.353. The van der Waals surface area contributed by atoms with Gasteiger partial charge in [0.25, 0.3) is 5.91 Å². The van der Waals surface area contributed by atoms with Gasteiger partial charge < -0.3 is 9.84 Å². The number of aromatic nitrogens is 3. The van der Waals surface area contributed by atoms with E-state index in [-0.39, 0.29) is 11.9 Å². The second-order valence-corrected chi connectivity index (χ2v) is 6.85. The van der Waals surface area contributed by atoms with E-state index in [9.17, 15) is 4.79 Å². The van der Waals surface area contributed by atoms with Gasteiger partial charge in [-0.2, -0.15) is 5.10 Å². The molecule has 0 fully saturated rings. The largest absolute Gasteiger partial charge is 0.360 e. The third kappa shape index (κ3) is 2.87. The smallest absolute Gasteiger partial charge is 0.273 e. The third-order valence-electron chi connectivity index (χ3n) is 4.34. The quantitative estimate of drug-likeness (QED) is 0.774. The van der Waals surface area contributed by atoms with Crippen LogP contribution in [0.4, 0.5) is 0 Å². The zero-order valence-electron chi connectivity index (χ0n) is 13.1. The van der Waals surface area contributed by atoms with E-state index in [4.69, 9.17) is 4.52 Å². The van der Waals surface area contributed by atoms with Crippen LogP contribution in [0.3, 0.4) is 0 Å². The van der Waals surface area contributed by atoms with Crippen LogP contribution >= 0.6 is 11.3 Å². The molecular weight excluding hydrogens is 324 g/mol. The summed E-state index contributed by atoms with van der Waals surface area (Å²) in [7, 11) is 0. The van der Waals surface area contributed by atoms with Gasteiger partial charge in [-0.3, -0.25) is 9.48 Å². The van der Waals surface area contributed by atoms with Crippen LogP contribution in [-0.2, 0) is 12.8 Å². The minimum atomic E-state index is -0.171. The van der Waals surface area contributed by atoms with Gasteiger partial charge in [-0.15, -0.1) is 11.3 Å². The second kappa shape index (κ2) is 6.60. The number of fused-ring (bicyclic) bond motifs is 1. The predicted octanol–water partition coefficient (Wildman–Crippen LogP) is 2.83. The molecule has 1 atom stereocenters.